The number of carbonyl (C=O) groups is 1. The minimum Gasteiger partial charge on any atom is -0.382 e. The average molecular weight is 417 g/mol. The van der Waals surface area contributed by atoms with Crippen molar-refractivity contribution in [3.8, 4) is 0 Å². The minimum absolute atomic E-state index is 0.0313. The highest BCUT2D eigenvalue weighted by Gasteiger charge is 2.32. The first-order valence-corrected chi connectivity index (χ1v) is 10.9. The van der Waals surface area contributed by atoms with Crippen LogP contribution in [-0.4, -0.2) is 34.1 Å². The van der Waals surface area contributed by atoms with E-state index in [0.717, 1.165) is 16.7 Å². The third-order valence-electron chi connectivity index (χ3n) is 5.28. The molecular formula is C27H32N2O2. The number of hydrogen-bond acceptors (Lipinski definition) is 3. The van der Waals surface area contributed by atoms with Crippen LogP contribution in [-0.2, 0) is 24.3 Å². The highest BCUT2D eigenvalue weighted by Crippen LogP contribution is 2.20. The van der Waals surface area contributed by atoms with E-state index in [9.17, 15) is 9.90 Å². The fourth-order valence-electron chi connectivity index (χ4n) is 3.77. The largest absolute Gasteiger partial charge is 0.382 e. The third kappa shape index (κ3) is 7.06. The van der Waals surface area contributed by atoms with E-state index in [-0.39, 0.29) is 18.0 Å². The van der Waals surface area contributed by atoms with Gasteiger partial charge in [-0.1, -0.05) is 91.0 Å². The summed E-state index contributed by atoms with van der Waals surface area (Å²) in [4.78, 5) is 15.0. The van der Waals surface area contributed by atoms with Gasteiger partial charge in [0.25, 0.3) is 5.91 Å². The van der Waals surface area contributed by atoms with Crippen LogP contribution in [0, 0.1) is 0 Å². The maximum atomic E-state index is 12.8. The van der Waals surface area contributed by atoms with Crippen molar-refractivity contribution >= 4 is 5.91 Å². The van der Waals surface area contributed by atoms with Gasteiger partial charge >= 0.3 is 0 Å². The molecule has 4 heteroatoms. The lowest BCUT2D eigenvalue weighted by Gasteiger charge is -2.35. The lowest BCUT2D eigenvalue weighted by Crippen LogP contribution is -2.52. The molecule has 0 unspecified atom stereocenters. The Morgan fingerprint density at radius 1 is 0.774 bits per heavy atom. The second kappa shape index (κ2) is 11.4. The Balaban J connectivity index is 1.94. The summed E-state index contributed by atoms with van der Waals surface area (Å²) < 4.78 is 0. The molecule has 0 radical (unpaired) electrons. The number of hydrogen-bond donors (Lipinski definition) is 2. The van der Waals surface area contributed by atoms with Gasteiger partial charge in [-0.3, -0.25) is 9.69 Å². The Kier molecular flexibility index (Phi) is 8.39. The summed E-state index contributed by atoms with van der Waals surface area (Å²) in [6.45, 7) is 5.09. The second-order valence-electron chi connectivity index (χ2n) is 8.24. The highest BCUT2D eigenvalue weighted by atomic mass is 16.3. The summed E-state index contributed by atoms with van der Waals surface area (Å²) in [5, 5.41) is 14.0. The van der Waals surface area contributed by atoms with E-state index >= 15 is 0 Å². The predicted molar refractivity (Wildman–Crippen MR) is 125 cm³/mol. The molecule has 0 saturated carbocycles. The van der Waals surface area contributed by atoms with Crippen LogP contribution in [0.1, 0.15) is 30.5 Å². The van der Waals surface area contributed by atoms with E-state index in [1.165, 1.54) is 0 Å². The van der Waals surface area contributed by atoms with E-state index in [0.29, 0.717) is 19.5 Å². The molecule has 2 N–H and O–H groups in total. The van der Waals surface area contributed by atoms with Gasteiger partial charge in [0.2, 0.25) is 0 Å². The lowest BCUT2D eigenvalue weighted by atomic mass is 9.97. The normalized spacial score (nSPS) is 13.2. The van der Waals surface area contributed by atoms with Gasteiger partial charge < -0.3 is 10.4 Å². The monoisotopic (exact) mass is 416 g/mol. The summed E-state index contributed by atoms with van der Waals surface area (Å²) >= 11 is 0. The smallest absolute Gasteiger partial charge is 0.250 e. The second-order valence-corrected chi connectivity index (χ2v) is 8.24. The summed E-state index contributed by atoms with van der Waals surface area (Å²) in [5.41, 5.74) is 3.39. The van der Waals surface area contributed by atoms with Gasteiger partial charge in [-0.05, 0) is 37.0 Å². The third-order valence-corrected chi connectivity index (χ3v) is 5.28. The Bertz CT molecular complexity index is 872. The van der Waals surface area contributed by atoms with E-state index in [2.05, 4.69) is 34.5 Å². The van der Waals surface area contributed by atoms with Crippen molar-refractivity contribution in [1.82, 2.24) is 10.2 Å². The number of amides is 1. The van der Waals surface area contributed by atoms with Gasteiger partial charge in [-0.2, -0.15) is 0 Å². The molecule has 0 fully saturated rings. The van der Waals surface area contributed by atoms with Gasteiger partial charge in [0.1, 0.15) is 6.10 Å². The molecule has 3 aromatic rings. The summed E-state index contributed by atoms with van der Waals surface area (Å²) in [5.74, 6) is -0.331. The van der Waals surface area contributed by atoms with E-state index in [1.54, 1.807) is 0 Å². The molecule has 0 heterocycles. The standard InChI is InChI=1S/C27H32N2O2/c1-21(2)28-27(31)26(30)25(18-22-12-6-3-7-13-22)29(19-23-14-8-4-9-15-23)20-24-16-10-5-11-17-24/h3-17,21,25-26,30H,18-20H2,1-2H3,(H,28,31)/t25-,26+/m0/s1. The molecule has 0 aliphatic rings. The molecule has 31 heavy (non-hydrogen) atoms. The van der Waals surface area contributed by atoms with Crippen LogP contribution in [0.25, 0.3) is 0 Å². The number of nitrogens with one attached hydrogen (secondary N) is 1. The molecule has 2 atom stereocenters. The number of carbonyl (C=O) groups excluding carboxylic acids is 1. The molecule has 3 aromatic carbocycles. The molecule has 162 valence electrons. The molecule has 4 nitrogen and oxygen atoms in total. The summed E-state index contributed by atoms with van der Waals surface area (Å²) in [6.07, 6.45) is -0.567. The maximum Gasteiger partial charge on any atom is 0.250 e. The highest BCUT2D eigenvalue weighted by molar-refractivity contribution is 5.81. The van der Waals surface area contributed by atoms with Crippen LogP contribution in [0.2, 0.25) is 0 Å². The van der Waals surface area contributed by atoms with Gasteiger partial charge in [0, 0.05) is 25.2 Å². The van der Waals surface area contributed by atoms with Gasteiger partial charge in [0.15, 0.2) is 0 Å². The van der Waals surface area contributed by atoms with Crippen molar-refractivity contribution in [3.05, 3.63) is 108 Å². The van der Waals surface area contributed by atoms with Crippen molar-refractivity contribution < 1.29 is 9.90 Å². The fraction of sp³-hybridized carbons (Fsp3) is 0.296. The van der Waals surface area contributed by atoms with Crippen molar-refractivity contribution in [3.63, 3.8) is 0 Å². The van der Waals surface area contributed by atoms with Crippen LogP contribution >= 0.6 is 0 Å². The number of aliphatic hydroxyl groups excluding tert-OH is 1. The Morgan fingerprint density at radius 2 is 1.19 bits per heavy atom. The van der Waals surface area contributed by atoms with Crippen molar-refractivity contribution in [2.24, 2.45) is 0 Å². The maximum absolute atomic E-state index is 12.8. The number of nitrogens with zero attached hydrogens (tertiary/aromatic N) is 1. The summed E-state index contributed by atoms with van der Waals surface area (Å²) in [6, 6.07) is 30.0. The molecule has 0 aliphatic carbocycles. The molecule has 0 bridgehead atoms. The number of aliphatic hydroxyl groups is 1. The topological polar surface area (TPSA) is 52.6 Å². The van der Waals surface area contributed by atoms with Crippen LogP contribution in [0.4, 0.5) is 0 Å². The number of rotatable bonds is 10. The zero-order valence-corrected chi connectivity index (χ0v) is 18.3. The van der Waals surface area contributed by atoms with Crippen molar-refractivity contribution in [1.29, 1.82) is 0 Å². The van der Waals surface area contributed by atoms with Crippen LogP contribution in [0.15, 0.2) is 91.0 Å². The fourth-order valence-corrected chi connectivity index (χ4v) is 3.77. The molecule has 0 saturated heterocycles. The minimum atomic E-state index is -1.14. The zero-order chi connectivity index (χ0) is 22.1. The lowest BCUT2D eigenvalue weighted by molar-refractivity contribution is -0.134. The van der Waals surface area contributed by atoms with E-state index < -0.39 is 6.10 Å². The molecule has 3 rings (SSSR count). The Morgan fingerprint density at radius 3 is 1.61 bits per heavy atom. The van der Waals surface area contributed by atoms with Crippen LogP contribution in [0.5, 0.6) is 0 Å². The first-order chi connectivity index (χ1) is 15.0. The molecule has 0 spiro atoms. The van der Waals surface area contributed by atoms with Crippen molar-refractivity contribution in [2.45, 2.75) is 51.5 Å². The molecular weight excluding hydrogens is 384 g/mol. The first kappa shape index (κ1) is 22.7. The first-order valence-electron chi connectivity index (χ1n) is 10.9. The Hall–Kier alpha value is -2.95. The quantitative estimate of drug-likeness (QED) is 0.521. The SMILES string of the molecule is CC(C)NC(=O)[C@H](O)[C@H](Cc1ccccc1)N(Cc1ccccc1)Cc1ccccc1. The molecule has 0 aliphatic heterocycles. The van der Waals surface area contributed by atoms with Crippen molar-refractivity contribution in [2.75, 3.05) is 0 Å². The van der Waals surface area contributed by atoms with E-state index in [4.69, 9.17) is 0 Å². The van der Waals surface area contributed by atoms with E-state index in [1.807, 2.05) is 80.6 Å². The van der Waals surface area contributed by atoms with Gasteiger partial charge in [-0.25, -0.2) is 0 Å². The predicted octanol–water partition coefficient (Wildman–Crippen LogP) is 4.19. The van der Waals surface area contributed by atoms with Crippen LogP contribution < -0.4 is 5.32 Å². The summed E-state index contributed by atoms with van der Waals surface area (Å²) in [7, 11) is 0. The molecule has 0 aromatic heterocycles. The van der Waals surface area contributed by atoms with Gasteiger partial charge in [0.05, 0.1) is 0 Å². The average Bonchev–Trinajstić information content (AvgIpc) is 2.78. The van der Waals surface area contributed by atoms with Gasteiger partial charge in [-0.15, -0.1) is 0 Å². The zero-order valence-electron chi connectivity index (χ0n) is 18.3. The number of benzene rings is 3. The molecule has 1 amide bonds. The van der Waals surface area contributed by atoms with Crippen LogP contribution in [0.3, 0.4) is 0 Å². The Labute approximate surface area is 185 Å².